The molecule has 114 valence electrons. The predicted molar refractivity (Wildman–Crippen MR) is 85.1 cm³/mol. The molecule has 0 aliphatic carbocycles. The van der Waals surface area contributed by atoms with E-state index < -0.39 is 5.56 Å². The summed E-state index contributed by atoms with van der Waals surface area (Å²) in [6.45, 7) is 1.70. The van der Waals surface area contributed by atoms with Crippen molar-refractivity contribution in [3.8, 4) is 28.7 Å². The van der Waals surface area contributed by atoms with Gasteiger partial charge >= 0.3 is 0 Å². The number of hydrogen-bond acceptors (Lipinski definition) is 4. The minimum absolute atomic E-state index is 0.0679. The van der Waals surface area contributed by atoms with Crippen LogP contribution >= 0.6 is 23.2 Å². The molecule has 1 aromatic carbocycles. The molecular weight excluding hydrogens is 327 g/mol. The number of hydrogen-bond donors (Lipinski definition) is 1. The molecule has 0 saturated carbocycles. The van der Waals surface area contributed by atoms with Crippen LogP contribution in [0.5, 0.6) is 11.5 Å². The van der Waals surface area contributed by atoms with Gasteiger partial charge in [0.1, 0.15) is 11.6 Å². The number of nitriles is 1. The van der Waals surface area contributed by atoms with Gasteiger partial charge in [0.25, 0.3) is 5.56 Å². The van der Waals surface area contributed by atoms with E-state index in [1.807, 2.05) is 6.07 Å². The number of pyridine rings is 1. The lowest BCUT2D eigenvalue weighted by Crippen LogP contribution is -2.13. The molecule has 0 amide bonds. The van der Waals surface area contributed by atoms with Crippen LogP contribution in [0.15, 0.2) is 16.9 Å². The number of nitrogens with zero attached hydrogens (tertiary/aromatic N) is 1. The standard InChI is InChI=1S/C15H12Cl2N2O3/c1-7-4-8(9(6-18)15(20)19-7)12-10(16)5-11(21-2)14(22-3)13(12)17/h4-5H,1-3H3,(H,19,20). The first kappa shape index (κ1) is 16.2. The predicted octanol–water partition coefficient (Wildman–Crippen LogP) is 3.55. The fraction of sp³-hybridized carbons (Fsp3) is 0.200. The van der Waals surface area contributed by atoms with Crippen molar-refractivity contribution in [3.63, 3.8) is 0 Å². The Balaban J connectivity index is 2.91. The quantitative estimate of drug-likeness (QED) is 0.928. The summed E-state index contributed by atoms with van der Waals surface area (Å²) in [4.78, 5) is 14.5. The Morgan fingerprint density at radius 2 is 1.91 bits per heavy atom. The summed E-state index contributed by atoms with van der Waals surface area (Å²) in [5.41, 5.74) is 0.716. The number of H-pyrrole nitrogens is 1. The highest BCUT2D eigenvalue weighted by Crippen LogP contribution is 2.46. The molecule has 0 spiro atoms. The zero-order chi connectivity index (χ0) is 16.4. The molecule has 0 aliphatic rings. The first-order valence-electron chi connectivity index (χ1n) is 6.19. The Hall–Kier alpha value is -2.16. The van der Waals surface area contributed by atoms with Gasteiger partial charge in [0.2, 0.25) is 0 Å². The molecule has 0 saturated heterocycles. The van der Waals surface area contributed by atoms with E-state index in [-0.39, 0.29) is 21.4 Å². The summed E-state index contributed by atoms with van der Waals surface area (Å²) in [5, 5.41) is 9.68. The van der Waals surface area contributed by atoms with Gasteiger partial charge in [0.15, 0.2) is 11.5 Å². The number of aromatic nitrogens is 1. The fourth-order valence-corrected chi connectivity index (χ4v) is 2.88. The average molecular weight is 339 g/mol. The van der Waals surface area contributed by atoms with Crippen molar-refractivity contribution < 1.29 is 9.47 Å². The van der Waals surface area contributed by atoms with Crippen LogP contribution < -0.4 is 15.0 Å². The molecule has 0 aliphatic heterocycles. The molecule has 1 heterocycles. The number of methoxy groups -OCH3 is 2. The van der Waals surface area contributed by atoms with Crippen LogP contribution in [0.4, 0.5) is 0 Å². The number of nitrogens with one attached hydrogen (secondary N) is 1. The van der Waals surface area contributed by atoms with E-state index in [4.69, 9.17) is 32.7 Å². The van der Waals surface area contributed by atoms with Gasteiger partial charge in [0, 0.05) is 22.9 Å². The highest BCUT2D eigenvalue weighted by molar-refractivity contribution is 6.40. The van der Waals surface area contributed by atoms with Crippen LogP contribution in [0.25, 0.3) is 11.1 Å². The molecule has 0 unspecified atom stereocenters. The number of rotatable bonds is 3. The van der Waals surface area contributed by atoms with Crippen LogP contribution in [-0.4, -0.2) is 19.2 Å². The fourth-order valence-electron chi connectivity index (χ4n) is 2.16. The Morgan fingerprint density at radius 1 is 1.23 bits per heavy atom. The number of benzene rings is 1. The van der Waals surface area contributed by atoms with E-state index in [0.717, 1.165) is 0 Å². The second kappa shape index (κ2) is 6.30. The maximum absolute atomic E-state index is 11.9. The third kappa shape index (κ3) is 2.63. The van der Waals surface area contributed by atoms with E-state index in [2.05, 4.69) is 4.98 Å². The van der Waals surface area contributed by atoms with Gasteiger partial charge in [-0.05, 0) is 13.0 Å². The Bertz CT molecular complexity index is 838. The smallest absolute Gasteiger partial charge is 0.266 e. The van der Waals surface area contributed by atoms with E-state index >= 15 is 0 Å². The third-order valence-corrected chi connectivity index (χ3v) is 3.77. The van der Waals surface area contributed by atoms with Crippen molar-refractivity contribution in [2.75, 3.05) is 14.2 Å². The highest BCUT2D eigenvalue weighted by atomic mass is 35.5. The first-order chi connectivity index (χ1) is 10.4. The number of ether oxygens (including phenoxy) is 2. The maximum Gasteiger partial charge on any atom is 0.266 e. The first-order valence-corrected chi connectivity index (χ1v) is 6.94. The summed E-state index contributed by atoms with van der Waals surface area (Å²) in [7, 11) is 2.90. The van der Waals surface area contributed by atoms with Gasteiger partial charge in [0.05, 0.1) is 24.3 Å². The van der Waals surface area contributed by atoms with Gasteiger partial charge in [-0.1, -0.05) is 23.2 Å². The van der Waals surface area contributed by atoms with Crippen LogP contribution in [0.1, 0.15) is 11.3 Å². The largest absolute Gasteiger partial charge is 0.493 e. The second-order valence-corrected chi connectivity index (χ2v) is 5.25. The lowest BCUT2D eigenvalue weighted by Gasteiger charge is -2.15. The summed E-state index contributed by atoms with van der Waals surface area (Å²) in [5.74, 6) is 0.645. The number of aromatic amines is 1. The minimum Gasteiger partial charge on any atom is -0.493 e. The Kier molecular flexibility index (Phi) is 4.65. The summed E-state index contributed by atoms with van der Waals surface area (Å²) in [6.07, 6.45) is 0. The molecule has 0 atom stereocenters. The lowest BCUT2D eigenvalue weighted by atomic mass is 10.00. The summed E-state index contributed by atoms with van der Waals surface area (Å²) < 4.78 is 10.4. The Morgan fingerprint density at radius 3 is 2.45 bits per heavy atom. The van der Waals surface area contributed by atoms with Crippen molar-refractivity contribution in [2.24, 2.45) is 0 Å². The monoisotopic (exact) mass is 338 g/mol. The molecule has 2 aromatic rings. The van der Waals surface area contributed by atoms with Crippen molar-refractivity contribution in [2.45, 2.75) is 6.92 Å². The van der Waals surface area contributed by atoms with E-state index in [9.17, 15) is 10.1 Å². The minimum atomic E-state index is -0.501. The molecule has 22 heavy (non-hydrogen) atoms. The van der Waals surface area contributed by atoms with Crippen LogP contribution in [0.3, 0.4) is 0 Å². The average Bonchev–Trinajstić information content (AvgIpc) is 2.46. The molecule has 2 rings (SSSR count). The van der Waals surface area contributed by atoms with Crippen molar-refractivity contribution in [1.29, 1.82) is 5.26 Å². The molecule has 1 aromatic heterocycles. The molecule has 0 fully saturated rings. The van der Waals surface area contributed by atoms with Gasteiger partial charge < -0.3 is 14.5 Å². The van der Waals surface area contributed by atoms with Gasteiger partial charge in [-0.3, -0.25) is 4.79 Å². The zero-order valence-electron chi connectivity index (χ0n) is 12.1. The van der Waals surface area contributed by atoms with Crippen LogP contribution in [0, 0.1) is 18.3 Å². The maximum atomic E-state index is 11.9. The van der Waals surface area contributed by atoms with Crippen LogP contribution in [0.2, 0.25) is 10.0 Å². The normalized spacial score (nSPS) is 10.2. The van der Waals surface area contributed by atoms with E-state index in [0.29, 0.717) is 22.6 Å². The molecule has 5 nitrogen and oxygen atoms in total. The number of aryl methyl sites for hydroxylation is 1. The molecule has 0 radical (unpaired) electrons. The van der Waals surface area contributed by atoms with Gasteiger partial charge in [-0.2, -0.15) is 5.26 Å². The van der Waals surface area contributed by atoms with Gasteiger partial charge in [-0.25, -0.2) is 0 Å². The summed E-state index contributed by atoms with van der Waals surface area (Å²) in [6, 6.07) is 5.04. The third-order valence-electron chi connectivity index (χ3n) is 3.11. The molecular formula is C15H12Cl2N2O3. The van der Waals surface area contributed by atoms with Crippen LogP contribution in [-0.2, 0) is 0 Å². The SMILES string of the molecule is COc1cc(Cl)c(-c2cc(C)[nH]c(=O)c2C#N)c(Cl)c1OC. The topological polar surface area (TPSA) is 75.1 Å². The molecule has 0 bridgehead atoms. The summed E-state index contributed by atoms with van der Waals surface area (Å²) >= 11 is 12.6. The molecule has 7 heteroatoms. The highest BCUT2D eigenvalue weighted by Gasteiger charge is 2.22. The number of halogens is 2. The zero-order valence-corrected chi connectivity index (χ0v) is 13.6. The molecule has 1 N–H and O–H groups in total. The van der Waals surface area contributed by atoms with E-state index in [1.165, 1.54) is 20.3 Å². The van der Waals surface area contributed by atoms with Crippen molar-refractivity contribution in [3.05, 3.63) is 43.8 Å². The van der Waals surface area contributed by atoms with Gasteiger partial charge in [-0.15, -0.1) is 0 Å². The van der Waals surface area contributed by atoms with Crippen molar-refractivity contribution >= 4 is 23.2 Å². The van der Waals surface area contributed by atoms with E-state index in [1.54, 1.807) is 13.0 Å². The Labute approximate surface area is 137 Å². The lowest BCUT2D eigenvalue weighted by molar-refractivity contribution is 0.355. The van der Waals surface area contributed by atoms with Crippen molar-refractivity contribution in [1.82, 2.24) is 4.98 Å². The second-order valence-electron chi connectivity index (χ2n) is 4.46.